The first-order valence-corrected chi connectivity index (χ1v) is 7.98. The molecule has 1 fully saturated rings. The molecule has 1 aromatic heterocycles. The van der Waals surface area contributed by atoms with Crippen LogP contribution in [0.4, 0.5) is 4.39 Å². The van der Waals surface area contributed by atoms with E-state index in [1.807, 2.05) is 13.8 Å². The van der Waals surface area contributed by atoms with E-state index in [0.29, 0.717) is 25.9 Å². The highest BCUT2D eigenvalue weighted by atomic mass is 32.2. The number of nitrogens with zero attached hydrogens (tertiary/aromatic N) is 3. The molecule has 2 rings (SSSR count). The number of rotatable bonds is 4. The van der Waals surface area contributed by atoms with E-state index in [9.17, 15) is 12.8 Å². The topological polar surface area (TPSA) is 55.2 Å². The molecule has 1 aromatic rings. The van der Waals surface area contributed by atoms with Gasteiger partial charge in [0, 0.05) is 25.3 Å². The van der Waals surface area contributed by atoms with Crippen LogP contribution in [0.1, 0.15) is 32.7 Å². The Bertz CT molecular complexity index is 519. The quantitative estimate of drug-likeness (QED) is 0.850. The van der Waals surface area contributed by atoms with Crippen LogP contribution in [0.3, 0.4) is 0 Å². The van der Waals surface area contributed by atoms with Crippen molar-refractivity contribution < 1.29 is 12.8 Å². The summed E-state index contributed by atoms with van der Waals surface area (Å²) in [6.07, 6.45) is 4.26. The lowest BCUT2D eigenvalue weighted by atomic mass is 10.0. The summed E-state index contributed by atoms with van der Waals surface area (Å²) in [5.74, 6) is -0.000304. The molecule has 2 heterocycles. The summed E-state index contributed by atoms with van der Waals surface area (Å²) in [6, 6.07) is 0.175. The lowest BCUT2D eigenvalue weighted by Crippen LogP contribution is -2.39. The van der Waals surface area contributed by atoms with Crippen LogP contribution in [0.5, 0.6) is 0 Å². The smallest absolute Gasteiger partial charge is 0.262 e. The highest BCUT2D eigenvalue weighted by molar-refractivity contribution is 7.89. The van der Waals surface area contributed by atoms with Gasteiger partial charge in [-0.1, -0.05) is 0 Å². The van der Waals surface area contributed by atoms with Crippen molar-refractivity contribution in [2.45, 2.75) is 37.8 Å². The third-order valence-corrected chi connectivity index (χ3v) is 5.35. The molecule has 0 amide bonds. The molecule has 1 aliphatic heterocycles. The monoisotopic (exact) mass is 289 g/mol. The largest absolute Gasteiger partial charge is 0.334 e. The van der Waals surface area contributed by atoms with Gasteiger partial charge in [-0.3, -0.25) is 4.39 Å². The van der Waals surface area contributed by atoms with E-state index in [-0.39, 0.29) is 23.7 Å². The van der Waals surface area contributed by atoms with Crippen LogP contribution in [0, 0.1) is 5.92 Å². The fourth-order valence-corrected chi connectivity index (χ4v) is 3.56. The average Bonchev–Trinajstić information content (AvgIpc) is 2.89. The molecule has 1 aliphatic rings. The maximum Gasteiger partial charge on any atom is 0.262 e. The number of aromatic nitrogens is 2. The van der Waals surface area contributed by atoms with Crippen molar-refractivity contribution in [2.75, 3.05) is 19.8 Å². The molecular formula is C12H20FN3O2S. The van der Waals surface area contributed by atoms with Crippen LogP contribution >= 0.6 is 0 Å². The maximum atomic E-state index is 12.5. The Hall–Kier alpha value is -0.950. The van der Waals surface area contributed by atoms with E-state index in [0.717, 1.165) is 0 Å². The third kappa shape index (κ3) is 2.97. The highest BCUT2D eigenvalue weighted by Crippen LogP contribution is 2.23. The van der Waals surface area contributed by atoms with E-state index >= 15 is 0 Å². The lowest BCUT2D eigenvalue weighted by Gasteiger charge is -2.29. The molecule has 0 radical (unpaired) electrons. The minimum absolute atomic E-state index is 0.000304. The van der Waals surface area contributed by atoms with Crippen LogP contribution in [0.2, 0.25) is 0 Å². The molecule has 7 heteroatoms. The SMILES string of the molecule is CC(C)n1cnc(S(=O)(=O)N2CCC(CF)CC2)c1. The van der Waals surface area contributed by atoms with Crippen molar-refractivity contribution in [3.8, 4) is 0 Å². The number of piperidine rings is 1. The van der Waals surface area contributed by atoms with Gasteiger partial charge in [0.1, 0.15) is 0 Å². The molecule has 0 aliphatic carbocycles. The number of alkyl halides is 1. The van der Waals surface area contributed by atoms with Crippen LogP contribution in [-0.4, -0.2) is 42.0 Å². The Morgan fingerprint density at radius 3 is 2.53 bits per heavy atom. The van der Waals surface area contributed by atoms with Gasteiger partial charge in [-0.25, -0.2) is 13.4 Å². The molecule has 0 unspecified atom stereocenters. The summed E-state index contributed by atoms with van der Waals surface area (Å²) in [6.45, 7) is 4.32. The normalized spacial score (nSPS) is 19.2. The molecule has 0 aromatic carbocycles. The highest BCUT2D eigenvalue weighted by Gasteiger charge is 2.31. The minimum atomic E-state index is -3.53. The second-order valence-electron chi connectivity index (χ2n) is 5.25. The Morgan fingerprint density at radius 1 is 1.42 bits per heavy atom. The van der Waals surface area contributed by atoms with E-state index in [2.05, 4.69) is 4.98 Å². The van der Waals surface area contributed by atoms with Crippen molar-refractivity contribution in [2.24, 2.45) is 5.92 Å². The zero-order valence-corrected chi connectivity index (χ0v) is 12.1. The van der Waals surface area contributed by atoms with Crippen LogP contribution in [0.15, 0.2) is 17.6 Å². The van der Waals surface area contributed by atoms with Gasteiger partial charge in [0.25, 0.3) is 10.0 Å². The van der Waals surface area contributed by atoms with E-state index < -0.39 is 10.0 Å². The second-order valence-corrected chi connectivity index (χ2v) is 7.14. The molecule has 0 N–H and O–H groups in total. The summed E-state index contributed by atoms with van der Waals surface area (Å²) < 4.78 is 40.5. The summed E-state index contributed by atoms with van der Waals surface area (Å²) in [5, 5.41) is 0.0832. The van der Waals surface area contributed by atoms with Gasteiger partial charge in [-0.15, -0.1) is 0 Å². The van der Waals surface area contributed by atoms with E-state index in [4.69, 9.17) is 0 Å². The Kier molecular flexibility index (Phi) is 4.25. The lowest BCUT2D eigenvalue weighted by molar-refractivity contribution is 0.233. The Morgan fingerprint density at radius 2 is 2.05 bits per heavy atom. The summed E-state index contributed by atoms with van der Waals surface area (Å²) in [4.78, 5) is 3.98. The minimum Gasteiger partial charge on any atom is -0.334 e. The molecule has 0 bridgehead atoms. The standard InChI is InChI=1S/C12H20FN3O2S/c1-10(2)15-8-12(14-9-15)19(17,18)16-5-3-11(7-13)4-6-16/h8-11H,3-7H2,1-2H3. The van der Waals surface area contributed by atoms with Crippen LogP contribution in [-0.2, 0) is 10.0 Å². The first kappa shape index (κ1) is 14.5. The van der Waals surface area contributed by atoms with Gasteiger partial charge in [0.2, 0.25) is 0 Å². The van der Waals surface area contributed by atoms with Crippen molar-refractivity contribution >= 4 is 10.0 Å². The summed E-state index contributed by atoms with van der Waals surface area (Å²) in [7, 11) is -3.53. The van der Waals surface area contributed by atoms with Gasteiger partial charge in [-0.05, 0) is 32.6 Å². The summed E-state index contributed by atoms with van der Waals surface area (Å²) >= 11 is 0. The number of hydrogen-bond acceptors (Lipinski definition) is 3. The first-order chi connectivity index (χ1) is 8.95. The zero-order chi connectivity index (χ0) is 14.0. The van der Waals surface area contributed by atoms with Gasteiger partial charge in [0.05, 0.1) is 13.0 Å². The molecule has 19 heavy (non-hydrogen) atoms. The van der Waals surface area contributed by atoms with Gasteiger partial charge in [0.15, 0.2) is 5.03 Å². The van der Waals surface area contributed by atoms with Crippen molar-refractivity contribution in [1.82, 2.24) is 13.9 Å². The van der Waals surface area contributed by atoms with Crippen molar-refractivity contribution in [3.63, 3.8) is 0 Å². The molecule has 0 atom stereocenters. The molecule has 0 saturated carbocycles. The number of sulfonamides is 1. The van der Waals surface area contributed by atoms with Crippen LogP contribution < -0.4 is 0 Å². The number of hydrogen-bond donors (Lipinski definition) is 0. The van der Waals surface area contributed by atoms with E-state index in [1.165, 1.54) is 10.6 Å². The average molecular weight is 289 g/mol. The fourth-order valence-electron chi connectivity index (χ4n) is 2.17. The molecule has 108 valence electrons. The van der Waals surface area contributed by atoms with Gasteiger partial charge >= 0.3 is 0 Å². The second kappa shape index (κ2) is 5.58. The molecule has 5 nitrogen and oxygen atoms in total. The fraction of sp³-hybridized carbons (Fsp3) is 0.750. The van der Waals surface area contributed by atoms with Crippen molar-refractivity contribution in [3.05, 3.63) is 12.5 Å². The molecular weight excluding hydrogens is 269 g/mol. The predicted molar refractivity (Wildman–Crippen MR) is 70.1 cm³/mol. The number of imidazole rings is 1. The van der Waals surface area contributed by atoms with Gasteiger partial charge in [-0.2, -0.15) is 4.31 Å². The molecule has 1 saturated heterocycles. The molecule has 0 spiro atoms. The third-order valence-electron chi connectivity index (χ3n) is 3.57. The van der Waals surface area contributed by atoms with Crippen LogP contribution in [0.25, 0.3) is 0 Å². The predicted octanol–water partition coefficient (Wildman–Crippen LogP) is 1.83. The van der Waals surface area contributed by atoms with Crippen molar-refractivity contribution in [1.29, 1.82) is 0 Å². The Balaban J connectivity index is 2.13. The number of halogens is 1. The Labute approximate surface area is 113 Å². The van der Waals surface area contributed by atoms with Gasteiger partial charge < -0.3 is 4.57 Å². The first-order valence-electron chi connectivity index (χ1n) is 6.54. The zero-order valence-electron chi connectivity index (χ0n) is 11.3. The van der Waals surface area contributed by atoms with E-state index in [1.54, 1.807) is 10.8 Å². The maximum absolute atomic E-state index is 12.5. The summed E-state index contributed by atoms with van der Waals surface area (Å²) in [5.41, 5.74) is 0.